The van der Waals surface area contributed by atoms with Gasteiger partial charge in [-0.15, -0.1) is 0 Å². The number of benzene rings is 2. The monoisotopic (exact) mass is 389 g/mol. The predicted molar refractivity (Wildman–Crippen MR) is 102 cm³/mol. The molecule has 29 heavy (non-hydrogen) atoms. The molecule has 8 nitrogen and oxygen atoms in total. The van der Waals surface area contributed by atoms with Crippen molar-refractivity contribution in [2.45, 2.75) is 12.5 Å². The van der Waals surface area contributed by atoms with Crippen LogP contribution in [0.4, 0.5) is 4.39 Å². The van der Waals surface area contributed by atoms with Gasteiger partial charge >= 0.3 is 0 Å². The van der Waals surface area contributed by atoms with Gasteiger partial charge in [-0.2, -0.15) is 25.4 Å². The number of hydrogen-bond donors (Lipinski definition) is 1. The Hall–Kier alpha value is -4.06. The Labute approximate surface area is 165 Å². The number of primary amides is 1. The zero-order valence-electron chi connectivity index (χ0n) is 15.5. The van der Waals surface area contributed by atoms with Crippen molar-refractivity contribution in [1.82, 2.24) is 24.8 Å². The zero-order valence-corrected chi connectivity index (χ0v) is 15.5. The summed E-state index contributed by atoms with van der Waals surface area (Å²) in [4.78, 5) is 13.5. The van der Waals surface area contributed by atoms with Gasteiger partial charge in [0.1, 0.15) is 17.8 Å². The van der Waals surface area contributed by atoms with Crippen molar-refractivity contribution in [2.24, 2.45) is 12.8 Å². The minimum atomic E-state index is -0.777. The normalized spacial score (nSPS) is 12.0. The lowest BCUT2D eigenvalue weighted by Gasteiger charge is -2.11. The van der Waals surface area contributed by atoms with Crippen molar-refractivity contribution >= 4 is 16.8 Å². The van der Waals surface area contributed by atoms with Crippen LogP contribution in [0, 0.1) is 17.1 Å². The first-order valence-electron chi connectivity index (χ1n) is 8.76. The molecule has 0 saturated heterocycles. The highest BCUT2D eigenvalue weighted by Gasteiger charge is 2.24. The molecule has 0 aliphatic heterocycles. The highest BCUT2D eigenvalue weighted by Crippen LogP contribution is 2.26. The van der Waals surface area contributed by atoms with Gasteiger partial charge < -0.3 is 5.73 Å². The molecule has 0 fully saturated rings. The molecule has 1 unspecified atom stereocenters. The second-order valence-corrected chi connectivity index (χ2v) is 6.65. The number of halogens is 1. The fraction of sp³-hybridized carbons (Fsp3) is 0.150. The second kappa shape index (κ2) is 7.16. The maximum absolute atomic E-state index is 13.8. The van der Waals surface area contributed by atoms with E-state index in [4.69, 9.17) is 11.0 Å². The van der Waals surface area contributed by atoms with Gasteiger partial charge in [0.2, 0.25) is 5.91 Å². The smallest absolute Gasteiger partial charge is 0.231 e. The van der Waals surface area contributed by atoms with E-state index in [-0.39, 0.29) is 12.1 Å². The van der Waals surface area contributed by atoms with E-state index in [9.17, 15) is 9.18 Å². The third kappa shape index (κ3) is 3.43. The molecule has 1 atom stereocenters. The van der Waals surface area contributed by atoms with E-state index < -0.39 is 17.6 Å². The Balaban J connectivity index is 1.64. The lowest BCUT2D eigenvalue weighted by molar-refractivity contribution is -0.118. The number of rotatable bonds is 5. The van der Waals surface area contributed by atoms with E-state index in [2.05, 4.69) is 15.3 Å². The van der Waals surface area contributed by atoms with Crippen molar-refractivity contribution in [1.29, 1.82) is 5.26 Å². The standard InChI is InChI=1S/C20H16FN7O/c1-27-18-7-13(4-5-15(18)9-24-27)19(20(23)29)17-10-25-28(26-17)11-12-2-3-14(8-22)16(21)6-12/h2-7,9-10,19H,11H2,1H3,(H2,23,29). The average Bonchev–Trinajstić information content (AvgIpc) is 3.29. The van der Waals surface area contributed by atoms with Gasteiger partial charge in [-0.1, -0.05) is 18.2 Å². The molecular weight excluding hydrogens is 373 g/mol. The lowest BCUT2D eigenvalue weighted by Crippen LogP contribution is -2.23. The van der Waals surface area contributed by atoms with E-state index in [1.54, 1.807) is 23.0 Å². The minimum Gasteiger partial charge on any atom is -0.369 e. The largest absolute Gasteiger partial charge is 0.369 e. The van der Waals surface area contributed by atoms with Crippen molar-refractivity contribution in [3.63, 3.8) is 0 Å². The number of aryl methyl sites for hydroxylation is 1. The summed E-state index contributed by atoms with van der Waals surface area (Å²) >= 11 is 0. The van der Waals surface area contributed by atoms with Crippen LogP contribution >= 0.6 is 0 Å². The third-order valence-corrected chi connectivity index (χ3v) is 4.72. The molecule has 4 aromatic rings. The van der Waals surface area contributed by atoms with Crippen LogP contribution in [0.2, 0.25) is 0 Å². The van der Waals surface area contributed by atoms with Crippen molar-refractivity contribution in [2.75, 3.05) is 0 Å². The SMILES string of the molecule is Cn1ncc2ccc(C(C(N)=O)c3cnn(Cc4ccc(C#N)c(F)c4)n3)cc21. The molecule has 0 aliphatic carbocycles. The number of carbonyl (C=O) groups is 1. The van der Waals surface area contributed by atoms with Crippen LogP contribution in [-0.2, 0) is 18.4 Å². The summed E-state index contributed by atoms with van der Waals surface area (Å²) in [6.07, 6.45) is 3.22. The average molecular weight is 389 g/mol. The van der Waals surface area contributed by atoms with Crippen molar-refractivity contribution in [3.8, 4) is 6.07 Å². The first-order valence-corrected chi connectivity index (χ1v) is 8.76. The molecule has 2 heterocycles. The molecule has 2 aromatic carbocycles. The Kier molecular flexibility index (Phi) is 4.52. The lowest BCUT2D eigenvalue weighted by atomic mass is 9.95. The summed E-state index contributed by atoms with van der Waals surface area (Å²) in [6, 6.07) is 11.6. The number of nitrogens with two attached hydrogens (primary N) is 1. The molecule has 0 radical (unpaired) electrons. The van der Waals surface area contributed by atoms with Crippen molar-refractivity contribution in [3.05, 3.63) is 77.0 Å². The van der Waals surface area contributed by atoms with Crippen LogP contribution < -0.4 is 5.73 Å². The molecule has 2 aromatic heterocycles. The molecule has 9 heteroatoms. The van der Waals surface area contributed by atoms with Crippen LogP contribution in [0.15, 0.2) is 48.8 Å². The summed E-state index contributed by atoms with van der Waals surface area (Å²) < 4.78 is 15.5. The highest BCUT2D eigenvalue weighted by atomic mass is 19.1. The van der Waals surface area contributed by atoms with Gasteiger partial charge in [0.15, 0.2) is 0 Å². The Morgan fingerprint density at radius 1 is 1.24 bits per heavy atom. The van der Waals surface area contributed by atoms with Gasteiger partial charge in [-0.05, 0) is 29.3 Å². The van der Waals surface area contributed by atoms with Gasteiger partial charge in [0.25, 0.3) is 0 Å². The summed E-state index contributed by atoms with van der Waals surface area (Å²) in [6.45, 7) is 0.189. The molecular formula is C20H16FN7O. The summed E-state index contributed by atoms with van der Waals surface area (Å²) in [5.74, 6) is -1.93. The Bertz CT molecular complexity index is 1270. The minimum absolute atomic E-state index is 0.0257. The number of hydrogen-bond acceptors (Lipinski definition) is 5. The van der Waals surface area contributed by atoms with E-state index in [1.165, 1.54) is 23.1 Å². The second-order valence-electron chi connectivity index (χ2n) is 6.65. The Morgan fingerprint density at radius 2 is 2.07 bits per heavy atom. The zero-order chi connectivity index (χ0) is 20.5. The molecule has 2 N–H and O–H groups in total. The molecule has 144 valence electrons. The maximum Gasteiger partial charge on any atom is 0.231 e. The van der Waals surface area contributed by atoms with Crippen LogP contribution in [0.25, 0.3) is 10.9 Å². The number of amides is 1. The first kappa shape index (κ1) is 18.3. The molecule has 0 aliphatic rings. The number of nitriles is 1. The number of carbonyl (C=O) groups excluding carboxylic acids is 1. The molecule has 4 rings (SSSR count). The maximum atomic E-state index is 13.8. The molecule has 1 amide bonds. The van der Waals surface area contributed by atoms with Crippen LogP contribution in [0.1, 0.15) is 28.3 Å². The van der Waals surface area contributed by atoms with Crippen molar-refractivity contribution < 1.29 is 9.18 Å². The number of nitrogens with zero attached hydrogens (tertiary/aromatic N) is 6. The van der Waals surface area contributed by atoms with Gasteiger partial charge in [0, 0.05) is 12.4 Å². The summed E-state index contributed by atoms with van der Waals surface area (Å²) in [5.41, 5.74) is 8.17. The van der Waals surface area contributed by atoms with E-state index in [0.29, 0.717) is 16.8 Å². The predicted octanol–water partition coefficient (Wildman–Crippen LogP) is 1.84. The first-order chi connectivity index (χ1) is 14.0. The summed E-state index contributed by atoms with van der Waals surface area (Å²) in [5, 5.41) is 22.5. The number of aromatic nitrogens is 5. The third-order valence-electron chi connectivity index (χ3n) is 4.72. The van der Waals surface area contributed by atoms with E-state index >= 15 is 0 Å². The fourth-order valence-electron chi connectivity index (χ4n) is 3.25. The van der Waals surface area contributed by atoms with E-state index in [0.717, 1.165) is 10.9 Å². The van der Waals surface area contributed by atoms with Crippen LogP contribution in [0.5, 0.6) is 0 Å². The molecule has 0 saturated carbocycles. The number of fused-ring (bicyclic) bond motifs is 1. The quantitative estimate of drug-likeness (QED) is 0.559. The fourth-order valence-corrected chi connectivity index (χ4v) is 3.25. The van der Waals surface area contributed by atoms with Gasteiger partial charge in [-0.25, -0.2) is 4.39 Å². The van der Waals surface area contributed by atoms with E-state index in [1.807, 2.05) is 25.2 Å². The van der Waals surface area contributed by atoms with Crippen LogP contribution in [0.3, 0.4) is 0 Å². The topological polar surface area (TPSA) is 115 Å². The molecule has 0 bridgehead atoms. The van der Waals surface area contributed by atoms with Gasteiger partial charge in [-0.3, -0.25) is 9.48 Å². The van der Waals surface area contributed by atoms with Crippen LogP contribution in [-0.4, -0.2) is 30.7 Å². The highest BCUT2D eigenvalue weighted by molar-refractivity contribution is 5.87. The van der Waals surface area contributed by atoms with Gasteiger partial charge in [0.05, 0.1) is 35.7 Å². The summed E-state index contributed by atoms with van der Waals surface area (Å²) in [7, 11) is 1.82. The Morgan fingerprint density at radius 3 is 2.79 bits per heavy atom. The molecule has 0 spiro atoms.